The zero-order chi connectivity index (χ0) is 17.1. The van der Waals surface area contributed by atoms with E-state index in [0.717, 1.165) is 12.1 Å². The quantitative estimate of drug-likeness (QED) is 0.807. The minimum absolute atomic E-state index is 0.0494. The molecule has 24 heavy (non-hydrogen) atoms. The number of amidine groups is 1. The van der Waals surface area contributed by atoms with Gasteiger partial charge in [-0.2, -0.15) is 18.2 Å². The Hall–Kier alpha value is -2.70. The summed E-state index contributed by atoms with van der Waals surface area (Å²) in [5.41, 5.74) is 5.73. The number of aliphatic imine (C=N–C) groups is 1. The van der Waals surface area contributed by atoms with Crippen LogP contribution in [0.1, 0.15) is 34.4 Å². The average Bonchev–Trinajstić information content (AvgIpc) is 2.92. The predicted molar refractivity (Wildman–Crippen MR) is 80.5 cm³/mol. The topological polar surface area (TPSA) is 68.3 Å². The highest BCUT2D eigenvalue weighted by Gasteiger charge is 2.51. The maximum absolute atomic E-state index is 13.2. The molecule has 2 aliphatic rings. The SMILES string of the molecule is NC1=NC(=O)[C@@]2(CCc3ncccc32)c2cc(C(F)(F)F)ccc21. The molecule has 1 aromatic heterocycles. The lowest BCUT2D eigenvalue weighted by molar-refractivity contribution is -0.137. The molecule has 2 N–H and O–H groups in total. The molecule has 1 amide bonds. The lowest BCUT2D eigenvalue weighted by atomic mass is 9.71. The molecule has 1 atom stereocenters. The number of benzene rings is 1. The molecule has 1 aromatic carbocycles. The minimum atomic E-state index is -4.50. The van der Waals surface area contributed by atoms with Gasteiger partial charge in [0.15, 0.2) is 0 Å². The first-order valence-corrected chi connectivity index (χ1v) is 7.39. The molecule has 0 fully saturated rings. The smallest absolute Gasteiger partial charge is 0.383 e. The van der Waals surface area contributed by atoms with Crippen molar-refractivity contribution in [2.45, 2.75) is 24.4 Å². The minimum Gasteiger partial charge on any atom is -0.383 e. The molecule has 7 heteroatoms. The van der Waals surface area contributed by atoms with E-state index in [2.05, 4.69) is 9.98 Å². The second-order valence-corrected chi connectivity index (χ2v) is 5.96. The van der Waals surface area contributed by atoms with Gasteiger partial charge >= 0.3 is 6.18 Å². The number of carbonyl (C=O) groups excluding carboxylic acids is 1. The molecule has 0 bridgehead atoms. The van der Waals surface area contributed by atoms with Crippen LogP contribution in [0, 0.1) is 0 Å². The van der Waals surface area contributed by atoms with E-state index in [4.69, 9.17) is 5.73 Å². The Labute approximate surface area is 135 Å². The van der Waals surface area contributed by atoms with Crippen LogP contribution in [-0.2, 0) is 22.8 Å². The molecule has 1 aliphatic heterocycles. The van der Waals surface area contributed by atoms with Gasteiger partial charge < -0.3 is 5.73 Å². The van der Waals surface area contributed by atoms with Crippen LogP contribution in [0.2, 0.25) is 0 Å². The van der Waals surface area contributed by atoms with Gasteiger partial charge in [-0.15, -0.1) is 0 Å². The van der Waals surface area contributed by atoms with Crippen molar-refractivity contribution in [2.75, 3.05) is 0 Å². The molecule has 0 saturated carbocycles. The third-order valence-corrected chi connectivity index (χ3v) is 4.76. The summed E-state index contributed by atoms with van der Waals surface area (Å²) >= 11 is 0. The molecule has 0 unspecified atom stereocenters. The summed E-state index contributed by atoms with van der Waals surface area (Å²) in [7, 11) is 0. The van der Waals surface area contributed by atoms with E-state index in [1.807, 2.05) is 0 Å². The summed E-state index contributed by atoms with van der Waals surface area (Å²) in [4.78, 5) is 20.9. The Morgan fingerprint density at radius 3 is 2.71 bits per heavy atom. The highest BCUT2D eigenvalue weighted by atomic mass is 19.4. The number of aromatic nitrogens is 1. The number of carbonyl (C=O) groups is 1. The summed E-state index contributed by atoms with van der Waals surface area (Å²) in [5.74, 6) is -0.578. The van der Waals surface area contributed by atoms with Crippen LogP contribution < -0.4 is 5.73 Å². The lowest BCUT2D eigenvalue weighted by Gasteiger charge is -2.33. The summed E-state index contributed by atoms with van der Waals surface area (Å²) in [6, 6.07) is 6.68. The highest BCUT2D eigenvalue weighted by molar-refractivity contribution is 6.13. The number of pyridine rings is 1. The Bertz CT molecular complexity index is 904. The monoisotopic (exact) mass is 331 g/mol. The van der Waals surface area contributed by atoms with Gasteiger partial charge in [-0.1, -0.05) is 12.1 Å². The van der Waals surface area contributed by atoms with Gasteiger partial charge in [-0.25, -0.2) is 0 Å². The normalized spacial score (nSPS) is 22.3. The predicted octanol–water partition coefficient (Wildman–Crippen LogP) is 2.58. The number of rotatable bonds is 0. The molecule has 0 saturated heterocycles. The van der Waals surface area contributed by atoms with E-state index in [0.29, 0.717) is 29.7 Å². The first-order valence-electron chi connectivity index (χ1n) is 7.39. The van der Waals surface area contributed by atoms with Crippen molar-refractivity contribution in [1.29, 1.82) is 0 Å². The molecule has 2 aromatic rings. The van der Waals surface area contributed by atoms with Crippen LogP contribution in [0.3, 0.4) is 0 Å². The van der Waals surface area contributed by atoms with E-state index >= 15 is 0 Å². The molecule has 122 valence electrons. The van der Waals surface area contributed by atoms with Gasteiger partial charge in [0.25, 0.3) is 5.91 Å². The van der Waals surface area contributed by atoms with Crippen molar-refractivity contribution in [3.8, 4) is 0 Å². The van der Waals surface area contributed by atoms with Gasteiger partial charge in [0, 0.05) is 17.5 Å². The van der Waals surface area contributed by atoms with Crippen molar-refractivity contribution in [1.82, 2.24) is 4.98 Å². The molecule has 1 aliphatic carbocycles. The van der Waals surface area contributed by atoms with Gasteiger partial charge in [0.05, 0.1) is 5.56 Å². The zero-order valence-electron chi connectivity index (χ0n) is 12.4. The number of amides is 1. The Morgan fingerprint density at radius 1 is 1.17 bits per heavy atom. The van der Waals surface area contributed by atoms with Crippen molar-refractivity contribution >= 4 is 11.7 Å². The van der Waals surface area contributed by atoms with Crippen LogP contribution in [0.15, 0.2) is 41.5 Å². The van der Waals surface area contributed by atoms with Crippen molar-refractivity contribution in [3.05, 3.63) is 64.5 Å². The van der Waals surface area contributed by atoms with Gasteiger partial charge in [-0.05, 0) is 42.2 Å². The Balaban J connectivity index is 2.04. The Morgan fingerprint density at radius 2 is 1.96 bits per heavy atom. The number of hydrogen-bond acceptors (Lipinski definition) is 3. The van der Waals surface area contributed by atoms with Crippen LogP contribution in [-0.4, -0.2) is 16.7 Å². The van der Waals surface area contributed by atoms with Crippen molar-refractivity contribution in [2.24, 2.45) is 10.7 Å². The van der Waals surface area contributed by atoms with Crippen LogP contribution in [0.4, 0.5) is 13.2 Å². The van der Waals surface area contributed by atoms with Gasteiger partial charge in [0.2, 0.25) is 0 Å². The summed E-state index contributed by atoms with van der Waals surface area (Å²) in [5, 5.41) is 0. The number of alkyl halides is 3. The van der Waals surface area contributed by atoms with Gasteiger partial charge in [0.1, 0.15) is 11.3 Å². The summed E-state index contributed by atoms with van der Waals surface area (Å²) < 4.78 is 39.5. The molecule has 4 nitrogen and oxygen atoms in total. The second-order valence-electron chi connectivity index (χ2n) is 5.96. The van der Waals surface area contributed by atoms with Gasteiger partial charge in [-0.3, -0.25) is 9.78 Å². The fraction of sp³-hybridized carbons (Fsp3) is 0.235. The fourth-order valence-electron chi connectivity index (χ4n) is 3.65. The largest absolute Gasteiger partial charge is 0.416 e. The van der Waals surface area contributed by atoms with Crippen molar-refractivity contribution < 1.29 is 18.0 Å². The molecular weight excluding hydrogens is 319 g/mol. The maximum atomic E-state index is 13.2. The van der Waals surface area contributed by atoms with Crippen molar-refractivity contribution in [3.63, 3.8) is 0 Å². The summed E-state index contributed by atoms with van der Waals surface area (Å²) in [6.45, 7) is 0. The van der Waals surface area contributed by atoms with E-state index in [9.17, 15) is 18.0 Å². The van der Waals surface area contributed by atoms with E-state index in [1.54, 1.807) is 18.3 Å². The van der Waals surface area contributed by atoms with E-state index in [1.165, 1.54) is 6.07 Å². The average molecular weight is 331 g/mol. The highest BCUT2D eigenvalue weighted by Crippen LogP contribution is 2.48. The zero-order valence-corrected chi connectivity index (χ0v) is 12.4. The van der Waals surface area contributed by atoms with Crippen LogP contribution in [0.5, 0.6) is 0 Å². The standard InChI is InChI=1S/C17H12F3N3O/c18-17(19,20)9-3-4-10-12(8-9)16(15(24)23-14(10)21)6-5-13-11(16)2-1-7-22-13/h1-4,7-8H,5-6H2,(H2,21,23,24)/t16-/m1/s1. The number of aryl methyl sites for hydroxylation is 1. The first-order chi connectivity index (χ1) is 11.3. The maximum Gasteiger partial charge on any atom is 0.416 e. The van der Waals surface area contributed by atoms with Crippen LogP contribution >= 0.6 is 0 Å². The first kappa shape index (κ1) is 14.9. The number of nitrogens with zero attached hydrogens (tertiary/aromatic N) is 2. The number of halogens is 3. The second kappa shape index (κ2) is 4.66. The molecule has 0 radical (unpaired) electrons. The lowest BCUT2D eigenvalue weighted by Crippen LogP contribution is -2.41. The van der Waals surface area contributed by atoms with E-state index in [-0.39, 0.29) is 11.4 Å². The van der Waals surface area contributed by atoms with E-state index < -0.39 is 23.1 Å². The molecule has 1 spiro atoms. The van der Waals surface area contributed by atoms with Crippen LogP contribution in [0.25, 0.3) is 0 Å². The summed E-state index contributed by atoms with van der Waals surface area (Å²) in [6.07, 6.45) is -2.05. The molecule has 4 rings (SSSR count). The number of nitrogens with two attached hydrogens (primary N) is 1. The Kier molecular flexibility index (Phi) is 2.88. The third-order valence-electron chi connectivity index (χ3n) is 4.76. The number of fused-ring (bicyclic) bond motifs is 4. The fourth-order valence-corrected chi connectivity index (χ4v) is 3.65. The molecular formula is C17H12F3N3O. The third kappa shape index (κ3) is 1.84. The number of hydrogen-bond donors (Lipinski definition) is 1. The molecule has 2 heterocycles.